The fraction of sp³-hybridized carbons (Fsp3) is 0.211. The van der Waals surface area contributed by atoms with Gasteiger partial charge in [0.15, 0.2) is 0 Å². The minimum atomic E-state index is 0.144. The van der Waals surface area contributed by atoms with Crippen LogP contribution in [-0.4, -0.2) is 83.9 Å². The molecule has 0 spiro atoms. The summed E-state index contributed by atoms with van der Waals surface area (Å²) in [6.07, 6.45) is 3.35. The molecule has 12 heteroatoms. The molecule has 17 rings (SSSR count). The Hall–Kier alpha value is -9.56. The number of hydrogen-bond acceptors (Lipinski definition) is 12. The molecule has 0 bridgehead atoms. The van der Waals surface area contributed by atoms with Crippen molar-refractivity contribution in [1.82, 2.24) is 0 Å². The van der Waals surface area contributed by atoms with Gasteiger partial charge in [0.25, 0.3) is 0 Å². The molecule has 4 unspecified atom stereocenters. The lowest BCUT2D eigenvalue weighted by atomic mass is 9.95. The third-order valence-electron chi connectivity index (χ3n) is 16.4. The molecule has 0 amide bonds. The SMILES string of the molecule is c1cc2ccc(Oc3ccc4ccc(OCC5CO5)c(-c5ccc6ccc(OCC7CO7)cc6c5)c4c3)cc2cc1OCC1CO1.c1cc2ccc(Oc3ccc4ccc(Oc5ccc6ccc(OCC7CO7)cc6c5)cc4c3)cc2cc1OCC1CC1. The van der Waals surface area contributed by atoms with E-state index in [1.807, 2.05) is 84.9 Å². The summed E-state index contributed by atoms with van der Waals surface area (Å²) in [6, 6.07) is 72.2. The molecule has 12 aromatic rings. The minimum absolute atomic E-state index is 0.144. The molecule has 4 saturated heterocycles. The van der Waals surface area contributed by atoms with Crippen molar-refractivity contribution >= 4 is 64.6 Å². The first kappa shape index (κ1) is 53.9. The number of ether oxygens (including phenoxy) is 12. The first-order valence-electron chi connectivity index (χ1n) is 30.3. The van der Waals surface area contributed by atoms with Crippen LogP contribution >= 0.6 is 0 Å². The lowest BCUT2D eigenvalue weighted by Crippen LogP contribution is -2.05. The van der Waals surface area contributed by atoms with Gasteiger partial charge < -0.3 is 56.8 Å². The molecule has 438 valence electrons. The highest BCUT2D eigenvalue weighted by molar-refractivity contribution is 6.03. The van der Waals surface area contributed by atoms with E-state index in [1.165, 1.54) is 12.8 Å². The summed E-state index contributed by atoms with van der Waals surface area (Å²) >= 11 is 0. The van der Waals surface area contributed by atoms with Gasteiger partial charge >= 0.3 is 0 Å². The Kier molecular flexibility index (Phi) is 14.5. The highest BCUT2D eigenvalue weighted by Gasteiger charge is 2.27. The van der Waals surface area contributed by atoms with Gasteiger partial charge in [-0.2, -0.15) is 0 Å². The van der Waals surface area contributed by atoms with Gasteiger partial charge in [-0.15, -0.1) is 0 Å². The fourth-order valence-corrected chi connectivity index (χ4v) is 10.9. The third kappa shape index (κ3) is 13.1. The second-order valence-electron chi connectivity index (χ2n) is 23.4. The average Bonchev–Trinajstić information content (AvgIpc) is 2.68. The van der Waals surface area contributed by atoms with Gasteiger partial charge in [-0.1, -0.05) is 78.9 Å². The summed E-state index contributed by atoms with van der Waals surface area (Å²) in [4.78, 5) is 0. The molecule has 0 N–H and O–H groups in total. The van der Waals surface area contributed by atoms with Crippen LogP contribution in [0.2, 0.25) is 0 Å². The molecule has 4 heterocycles. The largest absolute Gasteiger partial charge is 0.493 e. The van der Waals surface area contributed by atoms with E-state index < -0.39 is 0 Å². The van der Waals surface area contributed by atoms with E-state index in [9.17, 15) is 0 Å². The van der Waals surface area contributed by atoms with Crippen LogP contribution < -0.4 is 37.9 Å². The van der Waals surface area contributed by atoms with Crippen LogP contribution in [0, 0.1) is 5.92 Å². The standard InChI is InChI=1S/C39H32O7.C37H30O5/c1-2-27(13-28-14-30(8-3-24(1)28)40-18-34-20-42-34)39-37-17-33(11-6-26(37)7-12-38(39)45-23-36-22-44-36)46-32-10-5-25-4-9-31(15-29(25)16-32)41-19-35-21-43-35;1-2-24(1)21-38-31-9-3-25-5-11-33(17-28(25)15-31)41-35-13-7-27-8-14-36(20-30(27)19-35)42-34-12-6-26-4-10-32(16-29(26)18-34)39-22-37-23-40-37/h1-17,34-36H,18-23H2;3-20,24,37H,1-2,21-23H2. The highest BCUT2D eigenvalue weighted by Crippen LogP contribution is 2.42. The molecule has 5 aliphatic rings. The first-order valence-corrected chi connectivity index (χ1v) is 30.3. The zero-order valence-corrected chi connectivity index (χ0v) is 48.3. The molecule has 5 fully saturated rings. The van der Waals surface area contributed by atoms with Gasteiger partial charge in [-0.05, 0) is 222 Å². The van der Waals surface area contributed by atoms with Crippen LogP contribution in [-0.2, 0) is 18.9 Å². The van der Waals surface area contributed by atoms with Crippen molar-refractivity contribution in [2.45, 2.75) is 37.3 Å². The Morgan fingerprint density at radius 3 is 0.909 bits per heavy atom. The van der Waals surface area contributed by atoms with Crippen LogP contribution in [0.5, 0.6) is 63.2 Å². The molecular weight excluding hydrogens is 1100 g/mol. The lowest BCUT2D eigenvalue weighted by Gasteiger charge is -2.16. The maximum atomic E-state index is 6.47. The quantitative estimate of drug-likeness (QED) is 0.0600. The number of rotatable bonds is 22. The van der Waals surface area contributed by atoms with E-state index in [0.29, 0.717) is 26.4 Å². The topological polar surface area (TPSA) is 124 Å². The Morgan fingerprint density at radius 1 is 0.261 bits per heavy atom. The summed E-state index contributed by atoms with van der Waals surface area (Å²) in [7, 11) is 0. The van der Waals surface area contributed by atoms with E-state index in [1.54, 1.807) is 0 Å². The van der Waals surface area contributed by atoms with Gasteiger partial charge in [-0.25, -0.2) is 0 Å². The van der Waals surface area contributed by atoms with Crippen molar-refractivity contribution in [2.24, 2.45) is 5.92 Å². The van der Waals surface area contributed by atoms with Gasteiger partial charge in [0.2, 0.25) is 0 Å². The van der Waals surface area contributed by atoms with Gasteiger partial charge in [0.1, 0.15) is 114 Å². The highest BCUT2D eigenvalue weighted by atomic mass is 16.6. The van der Waals surface area contributed by atoms with E-state index >= 15 is 0 Å². The summed E-state index contributed by atoms with van der Waals surface area (Å²) in [5, 5.41) is 13.2. The second kappa shape index (κ2) is 23.6. The number of fused-ring (bicyclic) bond motifs is 6. The normalized spacial score (nSPS) is 18.0. The van der Waals surface area contributed by atoms with E-state index in [0.717, 1.165) is 178 Å². The van der Waals surface area contributed by atoms with Crippen LogP contribution in [0.1, 0.15) is 12.8 Å². The zero-order valence-electron chi connectivity index (χ0n) is 48.3. The maximum absolute atomic E-state index is 6.47. The Labute approximate surface area is 508 Å². The van der Waals surface area contributed by atoms with Crippen molar-refractivity contribution in [1.29, 1.82) is 0 Å². The molecule has 4 aliphatic heterocycles. The molecule has 1 saturated carbocycles. The molecule has 1 aliphatic carbocycles. The molecule has 0 aromatic heterocycles. The fourth-order valence-electron chi connectivity index (χ4n) is 10.9. The Morgan fingerprint density at radius 2 is 0.545 bits per heavy atom. The number of benzene rings is 12. The average molecular weight is 1170 g/mol. The number of hydrogen-bond donors (Lipinski definition) is 0. The van der Waals surface area contributed by atoms with Crippen molar-refractivity contribution in [3.63, 3.8) is 0 Å². The van der Waals surface area contributed by atoms with Crippen LogP contribution in [0.25, 0.3) is 75.8 Å². The van der Waals surface area contributed by atoms with Gasteiger partial charge in [0.05, 0.1) is 33.0 Å². The maximum Gasteiger partial charge on any atom is 0.128 e. The molecule has 12 nitrogen and oxygen atoms in total. The van der Waals surface area contributed by atoms with Crippen LogP contribution in [0.4, 0.5) is 0 Å². The predicted molar refractivity (Wildman–Crippen MR) is 342 cm³/mol. The van der Waals surface area contributed by atoms with E-state index in [4.69, 9.17) is 56.8 Å². The van der Waals surface area contributed by atoms with Crippen molar-refractivity contribution in [3.05, 3.63) is 212 Å². The zero-order chi connectivity index (χ0) is 58.3. The van der Waals surface area contributed by atoms with Gasteiger partial charge in [0, 0.05) is 5.56 Å². The summed E-state index contributed by atoms with van der Waals surface area (Å²) in [5.41, 5.74) is 2.07. The monoisotopic (exact) mass is 1170 g/mol. The van der Waals surface area contributed by atoms with E-state index in [2.05, 4.69) is 127 Å². The Bertz CT molecular complexity index is 4440. The molecule has 12 aromatic carbocycles. The van der Waals surface area contributed by atoms with Crippen LogP contribution in [0.3, 0.4) is 0 Å². The Balaban J connectivity index is 0.000000142. The smallest absolute Gasteiger partial charge is 0.128 e. The number of epoxide rings is 4. The molecule has 0 radical (unpaired) electrons. The summed E-state index contributed by atoms with van der Waals surface area (Å²) in [6.45, 7) is 6.11. The summed E-state index contributed by atoms with van der Waals surface area (Å²) in [5.74, 6) is 9.54. The summed E-state index contributed by atoms with van der Waals surface area (Å²) < 4.78 is 70.4. The molecule has 88 heavy (non-hydrogen) atoms. The second-order valence-corrected chi connectivity index (χ2v) is 23.4. The van der Waals surface area contributed by atoms with E-state index in [-0.39, 0.29) is 24.4 Å². The lowest BCUT2D eigenvalue weighted by molar-refractivity contribution is 0.263. The van der Waals surface area contributed by atoms with Crippen molar-refractivity contribution in [2.75, 3.05) is 59.5 Å². The molecular formula is C76H62O12. The van der Waals surface area contributed by atoms with Crippen molar-refractivity contribution in [3.8, 4) is 74.4 Å². The third-order valence-corrected chi connectivity index (χ3v) is 16.4. The van der Waals surface area contributed by atoms with Crippen LogP contribution in [0.15, 0.2) is 212 Å². The predicted octanol–water partition coefficient (Wildman–Crippen LogP) is 17.2. The minimum Gasteiger partial charge on any atom is -0.493 e. The van der Waals surface area contributed by atoms with Gasteiger partial charge in [-0.3, -0.25) is 0 Å². The molecule has 4 atom stereocenters. The first-order chi connectivity index (χ1) is 43.4. The van der Waals surface area contributed by atoms with Crippen molar-refractivity contribution < 1.29 is 56.8 Å².